The third-order valence-corrected chi connectivity index (χ3v) is 3.06. The van der Waals surface area contributed by atoms with Gasteiger partial charge in [0.15, 0.2) is 0 Å². The van der Waals surface area contributed by atoms with Gasteiger partial charge >= 0.3 is 0 Å². The van der Waals surface area contributed by atoms with Gasteiger partial charge in [-0.2, -0.15) is 4.98 Å². The van der Waals surface area contributed by atoms with Gasteiger partial charge in [-0.15, -0.1) is 11.3 Å². The summed E-state index contributed by atoms with van der Waals surface area (Å²) in [6, 6.07) is 6.91. The highest BCUT2D eigenvalue weighted by Gasteiger charge is 2.10. The van der Waals surface area contributed by atoms with Crippen molar-refractivity contribution >= 4 is 11.3 Å². The first-order valence-electron chi connectivity index (χ1n) is 4.89. The summed E-state index contributed by atoms with van der Waals surface area (Å²) in [4.78, 5) is 18.7. The average molecular weight is 245 g/mol. The lowest BCUT2D eigenvalue weighted by molar-refractivity contribution is 0.433. The van der Waals surface area contributed by atoms with E-state index in [1.54, 1.807) is 12.3 Å². The molecular weight excluding hydrogens is 238 g/mol. The SMILES string of the molecule is O=c1ccc(-c2noc(-c3cccs3)n2)c[nH]1. The van der Waals surface area contributed by atoms with Gasteiger partial charge in [-0.05, 0) is 17.5 Å². The number of nitrogens with one attached hydrogen (secondary N) is 1. The lowest BCUT2D eigenvalue weighted by Gasteiger charge is -1.90. The van der Waals surface area contributed by atoms with E-state index in [1.807, 2.05) is 17.5 Å². The fourth-order valence-corrected chi connectivity index (χ4v) is 2.04. The molecule has 6 heteroatoms. The molecule has 0 radical (unpaired) electrons. The van der Waals surface area contributed by atoms with E-state index in [-0.39, 0.29) is 5.56 Å². The molecule has 0 saturated heterocycles. The summed E-state index contributed by atoms with van der Waals surface area (Å²) >= 11 is 1.53. The Bertz CT molecular complexity index is 664. The number of aromatic nitrogens is 3. The minimum absolute atomic E-state index is 0.157. The third kappa shape index (κ3) is 1.90. The van der Waals surface area contributed by atoms with Crippen LogP contribution in [0.3, 0.4) is 0 Å². The van der Waals surface area contributed by atoms with Gasteiger partial charge in [0.2, 0.25) is 11.4 Å². The van der Waals surface area contributed by atoms with E-state index in [0.717, 1.165) is 10.4 Å². The maximum Gasteiger partial charge on any atom is 0.268 e. The summed E-state index contributed by atoms with van der Waals surface area (Å²) in [5, 5.41) is 5.81. The Morgan fingerprint density at radius 2 is 2.24 bits per heavy atom. The zero-order chi connectivity index (χ0) is 11.7. The van der Waals surface area contributed by atoms with E-state index >= 15 is 0 Å². The molecule has 0 aliphatic rings. The number of H-pyrrole nitrogens is 1. The molecule has 0 atom stereocenters. The molecule has 3 aromatic rings. The first kappa shape index (κ1) is 9.98. The Kier molecular flexibility index (Phi) is 2.34. The second-order valence-electron chi connectivity index (χ2n) is 3.34. The van der Waals surface area contributed by atoms with Crippen LogP contribution in [0.1, 0.15) is 0 Å². The summed E-state index contributed by atoms with van der Waals surface area (Å²) in [6.07, 6.45) is 1.56. The standard InChI is InChI=1S/C11H7N3O2S/c15-9-4-3-7(6-12-9)10-13-11(16-14-10)8-2-1-5-17-8/h1-6H,(H,12,15). The van der Waals surface area contributed by atoms with Gasteiger partial charge in [0, 0.05) is 17.8 Å². The Morgan fingerprint density at radius 1 is 1.29 bits per heavy atom. The van der Waals surface area contributed by atoms with Crippen LogP contribution in [0.2, 0.25) is 0 Å². The van der Waals surface area contributed by atoms with Crippen LogP contribution in [0.5, 0.6) is 0 Å². The van der Waals surface area contributed by atoms with Crippen molar-refractivity contribution in [3.63, 3.8) is 0 Å². The van der Waals surface area contributed by atoms with Crippen molar-refractivity contribution in [2.24, 2.45) is 0 Å². The first-order chi connectivity index (χ1) is 8.33. The van der Waals surface area contributed by atoms with Gasteiger partial charge < -0.3 is 9.51 Å². The number of nitrogens with zero attached hydrogens (tertiary/aromatic N) is 2. The molecule has 84 valence electrons. The predicted octanol–water partition coefficient (Wildman–Crippen LogP) is 2.15. The molecule has 3 heterocycles. The van der Waals surface area contributed by atoms with E-state index < -0.39 is 0 Å². The van der Waals surface area contributed by atoms with Gasteiger partial charge in [-0.25, -0.2) is 0 Å². The number of pyridine rings is 1. The summed E-state index contributed by atoms with van der Waals surface area (Å²) in [5.41, 5.74) is 0.562. The third-order valence-electron chi connectivity index (χ3n) is 2.20. The van der Waals surface area contributed by atoms with Gasteiger partial charge in [0.1, 0.15) is 0 Å². The number of hydrogen-bond donors (Lipinski definition) is 1. The quantitative estimate of drug-likeness (QED) is 0.750. The largest absolute Gasteiger partial charge is 0.333 e. The van der Waals surface area contributed by atoms with Gasteiger partial charge in [-0.1, -0.05) is 11.2 Å². The Hall–Kier alpha value is -2.21. The molecular formula is C11H7N3O2S. The maximum atomic E-state index is 10.9. The maximum absolute atomic E-state index is 10.9. The highest BCUT2D eigenvalue weighted by molar-refractivity contribution is 7.13. The van der Waals surface area contributed by atoms with E-state index in [0.29, 0.717) is 11.7 Å². The van der Waals surface area contributed by atoms with Crippen LogP contribution >= 0.6 is 11.3 Å². The van der Waals surface area contributed by atoms with E-state index in [9.17, 15) is 4.79 Å². The molecule has 0 aliphatic heterocycles. The molecule has 5 nitrogen and oxygen atoms in total. The molecule has 3 aromatic heterocycles. The molecule has 0 fully saturated rings. The van der Waals surface area contributed by atoms with Crippen molar-refractivity contribution < 1.29 is 4.52 Å². The number of hydrogen-bond acceptors (Lipinski definition) is 5. The first-order valence-corrected chi connectivity index (χ1v) is 5.77. The predicted molar refractivity (Wildman–Crippen MR) is 63.7 cm³/mol. The Labute approximate surface area is 99.8 Å². The van der Waals surface area contributed by atoms with Crippen molar-refractivity contribution in [3.05, 3.63) is 46.2 Å². The molecule has 0 spiro atoms. The van der Waals surface area contributed by atoms with Gasteiger partial charge in [0.25, 0.3) is 5.89 Å². The smallest absolute Gasteiger partial charge is 0.268 e. The van der Waals surface area contributed by atoms with Crippen LogP contribution < -0.4 is 5.56 Å². The second kappa shape index (κ2) is 3.99. The van der Waals surface area contributed by atoms with E-state index in [2.05, 4.69) is 15.1 Å². The van der Waals surface area contributed by atoms with E-state index in [4.69, 9.17) is 4.52 Å². The van der Waals surface area contributed by atoms with Crippen molar-refractivity contribution in [2.75, 3.05) is 0 Å². The van der Waals surface area contributed by atoms with Crippen LogP contribution in [0.4, 0.5) is 0 Å². The molecule has 0 unspecified atom stereocenters. The van der Waals surface area contributed by atoms with E-state index in [1.165, 1.54) is 17.4 Å². The minimum Gasteiger partial charge on any atom is -0.333 e. The minimum atomic E-state index is -0.157. The molecule has 0 amide bonds. The van der Waals surface area contributed by atoms with Crippen LogP contribution in [-0.4, -0.2) is 15.1 Å². The lowest BCUT2D eigenvalue weighted by atomic mass is 10.3. The molecule has 3 rings (SSSR count). The fraction of sp³-hybridized carbons (Fsp3) is 0. The average Bonchev–Trinajstić information content (AvgIpc) is 3.00. The van der Waals surface area contributed by atoms with Crippen molar-refractivity contribution in [2.45, 2.75) is 0 Å². The topological polar surface area (TPSA) is 71.8 Å². The molecule has 0 saturated carbocycles. The summed E-state index contributed by atoms with van der Waals surface area (Å²) in [6.45, 7) is 0. The number of thiophene rings is 1. The fourth-order valence-electron chi connectivity index (χ4n) is 1.39. The molecule has 0 bridgehead atoms. The van der Waals surface area contributed by atoms with Crippen LogP contribution in [0.15, 0.2) is 45.2 Å². The van der Waals surface area contributed by atoms with Crippen molar-refractivity contribution in [1.82, 2.24) is 15.1 Å². The van der Waals surface area contributed by atoms with Gasteiger partial charge in [-0.3, -0.25) is 4.79 Å². The zero-order valence-electron chi connectivity index (χ0n) is 8.58. The van der Waals surface area contributed by atoms with Crippen LogP contribution in [-0.2, 0) is 0 Å². The zero-order valence-corrected chi connectivity index (χ0v) is 9.40. The number of aromatic amines is 1. The normalized spacial score (nSPS) is 10.6. The lowest BCUT2D eigenvalue weighted by Crippen LogP contribution is -2.01. The summed E-state index contributed by atoms with van der Waals surface area (Å²) in [7, 11) is 0. The summed E-state index contributed by atoms with van der Waals surface area (Å²) in [5.74, 6) is 0.950. The Morgan fingerprint density at radius 3 is 2.94 bits per heavy atom. The van der Waals surface area contributed by atoms with Crippen LogP contribution in [0, 0.1) is 0 Å². The molecule has 1 N–H and O–H groups in total. The molecule has 17 heavy (non-hydrogen) atoms. The highest BCUT2D eigenvalue weighted by Crippen LogP contribution is 2.24. The van der Waals surface area contributed by atoms with Crippen molar-refractivity contribution in [3.8, 4) is 22.2 Å². The van der Waals surface area contributed by atoms with Crippen molar-refractivity contribution in [1.29, 1.82) is 0 Å². The molecule has 0 aliphatic carbocycles. The summed E-state index contributed by atoms with van der Waals surface area (Å²) < 4.78 is 5.15. The van der Waals surface area contributed by atoms with Gasteiger partial charge in [0.05, 0.1) is 4.88 Å². The monoisotopic (exact) mass is 245 g/mol. The number of rotatable bonds is 2. The highest BCUT2D eigenvalue weighted by atomic mass is 32.1. The van der Waals surface area contributed by atoms with Crippen LogP contribution in [0.25, 0.3) is 22.2 Å². The Balaban J connectivity index is 2.00. The second-order valence-corrected chi connectivity index (χ2v) is 4.29. The molecule has 0 aromatic carbocycles.